The van der Waals surface area contributed by atoms with Crippen molar-refractivity contribution in [3.05, 3.63) is 107 Å². The summed E-state index contributed by atoms with van der Waals surface area (Å²) in [6.07, 6.45) is 1.71. The fraction of sp³-hybridized carbons (Fsp3) is 0.103. The highest BCUT2D eigenvalue weighted by molar-refractivity contribution is 8.19. The number of carbonyl (C=O) groups is 2. The lowest BCUT2D eigenvalue weighted by molar-refractivity contribution is -0.113. The highest BCUT2D eigenvalue weighted by atomic mass is 32.2. The molecule has 0 saturated carbocycles. The predicted octanol–water partition coefficient (Wildman–Crippen LogP) is 7.06. The van der Waals surface area contributed by atoms with Crippen molar-refractivity contribution in [3.8, 4) is 11.5 Å². The molecular weight excluding hydrogens is 458 g/mol. The van der Waals surface area contributed by atoms with Crippen LogP contribution in [0.4, 0.5) is 10.5 Å². The summed E-state index contributed by atoms with van der Waals surface area (Å²) in [6.45, 7) is 2.78. The number of ether oxygens (including phenoxy) is 2. The Labute approximate surface area is 208 Å². The number of thioether (sulfide) groups is 1. The second-order valence-electron chi connectivity index (χ2n) is 7.96. The fourth-order valence-electron chi connectivity index (χ4n) is 3.91. The summed E-state index contributed by atoms with van der Waals surface area (Å²) in [5.74, 6) is 0.875. The summed E-state index contributed by atoms with van der Waals surface area (Å²) in [5, 5.41) is 2.04. The minimum atomic E-state index is -0.333. The quantitative estimate of drug-likeness (QED) is 0.265. The molecule has 1 fully saturated rings. The maximum Gasteiger partial charge on any atom is 0.298 e. The van der Waals surface area contributed by atoms with E-state index in [1.165, 1.54) is 15.7 Å². The number of anilines is 1. The Morgan fingerprint density at radius 1 is 0.800 bits per heavy atom. The van der Waals surface area contributed by atoms with Gasteiger partial charge >= 0.3 is 0 Å². The molecule has 0 bridgehead atoms. The Morgan fingerprint density at radius 2 is 1.57 bits per heavy atom. The number of fused-ring (bicyclic) bond motifs is 1. The van der Waals surface area contributed by atoms with Crippen LogP contribution in [0.5, 0.6) is 11.5 Å². The first-order chi connectivity index (χ1) is 17.1. The number of carbonyl (C=O) groups excluding carboxylic acids is 2. The van der Waals surface area contributed by atoms with Crippen molar-refractivity contribution in [1.29, 1.82) is 0 Å². The molecule has 0 unspecified atom stereocenters. The highest BCUT2D eigenvalue weighted by Crippen LogP contribution is 2.37. The third-order valence-corrected chi connectivity index (χ3v) is 6.45. The second-order valence-corrected chi connectivity index (χ2v) is 8.96. The first kappa shape index (κ1) is 22.7. The highest BCUT2D eigenvalue weighted by Gasteiger charge is 2.36. The van der Waals surface area contributed by atoms with Crippen LogP contribution >= 0.6 is 11.8 Å². The van der Waals surface area contributed by atoms with E-state index in [-0.39, 0.29) is 11.1 Å². The molecule has 2 amide bonds. The van der Waals surface area contributed by atoms with E-state index >= 15 is 0 Å². The van der Waals surface area contributed by atoms with E-state index < -0.39 is 0 Å². The SMILES string of the molecule is CCOc1cc(/C=C2\SC(=O)N(c3ccccc3)C2=O)ccc1OCc1ccc2ccccc2c1. The Balaban J connectivity index is 1.35. The third kappa shape index (κ3) is 4.93. The smallest absolute Gasteiger partial charge is 0.298 e. The lowest BCUT2D eigenvalue weighted by Crippen LogP contribution is -2.27. The van der Waals surface area contributed by atoms with Gasteiger partial charge in [0.2, 0.25) is 0 Å². The zero-order valence-electron chi connectivity index (χ0n) is 19.1. The van der Waals surface area contributed by atoms with Crippen LogP contribution in [0, 0.1) is 0 Å². The van der Waals surface area contributed by atoms with Gasteiger partial charge in [0.05, 0.1) is 17.2 Å². The summed E-state index contributed by atoms with van der Waals surface area (Å²) in [6, 6.07) is 28.9. The van der Waals surface area contributed by atoms with E-state index in [4.69, 9.17) is 9.47 Å². The zero-order valence-corrected chi connectivity index (χ0v) is 20.0. The van der Waals surface area contributed by atoms with Crippen molar-refractivity contribution in [3.63, 3.8) is 0 Å². The molecule has 1 aliphatic heterocycles. The van der Waals surface area contributed by atoms with Gasteiger partial charge in [-0.05, 0) is 77.0 Å². The van der Waals surface area contributed by atoms with Crippen LogP contribution in [0.2, 0.25) is 0 Å². The lowest BCUT2D eigenvalue weighted by Gasteiger charge is -2.13. The van der Waals surface area contributed by atoms with Crippen LogP contribution in [0.25, 0.3) is 16.8 Å². The molecule has 0 spiro atoms. The molecule has 174 valence electrons. The predicted molar refractivity (Wildman–Crippen MR) is 141 cm³/mol. The maximum absolute atomic E-state index is 12.9. The molecule has 1 saturated heterocycles. The summed E-state index contributed by atoms with van der Waals surface area (Å²) < 4.78 is 11.9. The number of para-hydroxylation sites is 1. The van der Waals surface area contributed by atoms with Gasteiger partial charge in [0.1, 0.15) is 6.61 Å². The van der Waals surface area contributed by atoms with Gasteiger partial charge in [0, 0.05) is 0 Å². The van der Waals surface area contributed by atoms with Gasteiger partial charge in [0.25, 0.3) is 11.1 Å². The van der Waals surface area contributed by atoms with Crippen molar-refractivity contribution < 1.29 is 19.1 Å². The van der Waals surface area contributed by atoms with Crippen molar-refractivity contribution in [1.82, 2.24) is 0 Å². The summed E-state index contributed by atoms with van der Waals surface area (Å²) in [5.41, 5.74) is 2.38. The van der Waals surface area contributed by atoms with Gasteiger partial charge in [-0.25, -0.2) is 4.90 Å². The van der Waals surface area contributed by atoms with Gasteiger partial charge in [0.15, 0.2) is 11.5 Å². The number of nitrogens with zero attached hydrogens (tertiary/aromatic N) is 1. The molecule has 5 rings (SSSR count). The number of amides is 2. The third-order valence-electron chi connectivity index (χ3n) is 5.58. The fourth-order valence-corrected chi connectivity index (χ4v) is 4.75. The Kier molecular flexibility index (Phi) is 6.55. The van der Waals surface area contributed by atoms with Gasteiger partial charge < -0.3 is 9.47 Å². The summed E-state index contributed by atoms with van der Waals surface area (Å²) in [7, 11) is 0. The van der Waals surface area contributed by atoms with Crippen LogP contribution in [-0.4, -0.2) is 17.8 Å². The molecule has 0 aromatic heterocycles. The second kappa shape index (κ2) is 10.1. The van der Waals surface area contributed by atoms with Crippen molar-refractivity contribution >= 4 is 45.4 Å². The normalized spacial score (nSPS) is 14.7. The van der Waals surface area contributed by atoms with Gasteiger partial charge in [-0.3, -0.25) is 9.59 Å². The lowest BCUT2D eigenvalue weighted by atomic mass is 10.1. The average molecular weight is 482 g/mol. The largest absolute Gasteiger partial charge is 0.490 e. The molecule has 35 heavy (non-hydrogen) atoms. The Bertz CT molecular complexity index is 1430. The molecule has 6 heteroatoms. The number of hydrogen-bond donors (Lipinski definition) is 0. The molecule has 5 nitrogen and oxygen atoms in total. The number of imide groups is 1. The van der Waals surface area contributed by atoms with Crippen molar-refractivity contribution in [2.45, 2.75) is 13.5 Å². The molecule has 1 heterocycles. The summed E-state index contributed by atoms with van der Waals surface area (Å²) >= 11 is 0.930. The Morgan fingerprint density at radius 3 is 2.37 bits per heavy atom. The average Bonchev–Trinajstić information content (AvgIpc) is 3.16. The first-order valence-electron chi connectivity index (χ1n) is 11.3. The van der Waals surface area contributed by atoms with E-state index in [9.17, 15) is 9.59 Å². The molecule has 0 atom stereocenters. The van der Waals surface area contributed by atoms with Crippen LogP contribution in [0.3, 0.4) is 0 Å². The van der Waals surface area contributed by atoms with Gasteiger partial charge in [-0.2, -0.15) is 0 Å². The van der Waals surface area contributed by atoms with E-state index in [0.29, 0.717) is 35.3 Å². The van der Waals surface area contributed by atoms with E-state index in [1.54, 1.807) is 30.3 Å². The van der Waals surface area contributed by atoms with E-state index in [0.717, 1.165) is 22.9 Å². The molecule has 0 N–H and O–H groups in total. The monoisotopic (exact) mass is 481 g/mol. The number of hydrogen-bond acceptors (Lipinski definition) is 5. The van der Waals surface area contributed by atoms with Crippen molar-refractivity contribution in [2.24, 2.45) is 0 Å². The van der Waals surface area contributed by atoms with Crippen LogP contribution in [0.15, 0.2) is 95.9 Å². The van der Waals surface area contributed by atoms with E-state index in [2.05, 4.69) is 30.3 Å². The molecule has 0 aliphatic carbocycles. The molecule has 1 aliphatic rings. The minimum absolute atomic E-state index is 0.312. The van der Waals surface area contributed by atoms with Gasteiger partial charge in [-0.1, -0.05) is 60.7 Å². The van der Waals surface area contributed by atoms with Crippen LogP contribution < -0.4 is 14.4 Å². The molecule has 4 aromatic rings. The molecular formula is C29H23NO4S. The zero-order chi connectivity index (χ0) is 24.2. The van der Waals surface area contributed by atoms with E-state index in [1.807, 2.05) is 43.3 Å². The maximum atomic E-state index is 12.9. The number of rotatable bonds is 7. The van der Waals surface area contributed by atoms with Crippen LogP contribution in [-0.2, 0) is 11.4 Å². The van der Waals surface area contributed by atoms with Crippen molar-refractivity contribution in [2.75, 3.05) is 11.5 Å². The first-order valence-corrected chi connectivity index (χ1v) is 12.1. The number of benzene rings is 4. The standard InChI is InChI=1S/C29H23NO4S/c1-2-33-26-17-20(18-27-28(31)30(29(32)35-27)24-10-4-3-5-11-24)13-15-25(26)34-19-21-12-14-22-8-6-7-9-23(22)16-21/h3-18H,2,19H2,1H3/b27-18-. The van der Waals surface area contributed by atoms with Crippen LogP contribution in [0.1, 0.15) is 18.1 Å². The minimum Gasteiger partial charge on any atom is -0.490 e. The molecule has 4 aromatic carbocycles. The summed E-state index contributed by atoms with van der Waals surface area (Å²) in [4.78, 5) is 27.0. The van der Waals surface area contributed by atoms with Gasteiger partial charge in [-0.15, -0.1) is 0 Å². The topological polar surface area (TPSA) is 55.8 Å². The Hall–Kier alpha value is -4.03. The molecule has 0 radical (unpaired) electrons.